The number of ether oxygens (including phenoxy) is 3. The summed E-state index contributed by atoms with van der Waals surface area (Å²) in [7, 11) is -2.85. The maximum absolute atomic E-state index is 13.7. The first-order valence-corrected chi connectivity index (χ1v) is 23.5. The second kappa shape index (κ2) is 23.7. The maximum Gasteiger partial charge on any atom is 0.408 e. The maximum atomic E-state index is 13.7. The number of hydrogen-bond donors (Lipinski definition) is 2. The Morgan fingerprint density at radius 3 is 1.54 bits per heavy atom. The molecule has 3 atom stereocenters. The highest BCUT2D eigenvalue weighted by Gasteiger charge is 2.51. The van der Waals surface area contributed by atoms with Gasteiger partial charge in [0.15, 0.2) is 0 Å². The lowest BCUT2D eigenvalue weighted by Crippen LogP contribution is -2.67. The standard InChI is InChI=1S/C50H66N2O8Si/c1-8-9-27-40(60-61(50(5,6)7,41-29-18-12-19-30-41)42-31-20-13-21-32-42)28-22-33-43(47(55)59-49(2,3)4)51-45(53)35-34-44(46(54)57-36-38-23-14-10-15-24-38)52-48(56)58-37-39-25-16-11-17-26-39/h10-21,23-26,29-32,40,43-44H,8-9,22,27-28,33-37H2,1-7H3,(H,51,53)(H,52,56)/t40-,43-,44-/m0/s1. The number of carbonyl (C=O) groups is 4. The second-order valence-electron chi connectivity index (χ2n) is 17.5. The van der Waals surface area contributed by atoms with Crippen molar-refractivity contribution in [2.24, 2.45) is 0 Å². The van der Waals surface area contributed by atoms with Crippen LogP contribution in [0.15, 0.2) is 121 Å². The zero-order valence-corrected chi connectivity index (χ0v) is 38.1. The molecule has 0 aliphatic heterocycles. The van der Waals surface area contributed by atoms with Crippen molar-refractivity contribution in [2.45, 2.75) is 142 Å². The zero-order chi connectivity index (χ0) is 44.3. The topological polar surface area (TPSA) is 129 Å². The number of esters is 2. The molecule has 4 aromatic carbocycles. The van der Waals surface area contributed by atoms with E-state index in [-0.39, 0.29) is 37.2 Å². The lowest BCUT2D eigenvalue weighted by atomic mass is 10.0. The van der Waals surface area contributed by atoms with Crippen molar-refractivity contribution in [3.63, 3.8) is 0 Å². The van der Waals surface area contributed by atoms with Gasteiger partial charge in [0.05, 0.1) is 0 Å². The van der Waals surface area contributed by atoms with Crippen molar-refractivity contribution >= 4 is 42.6 Å². The van der Waals surface area contributed by atoms with Gasteiger partial charge in [0.2, 0.25) is 5.91 Å². The molecule has 11 heteroatoms. The molecule has 0 spiro atoms. The van der Waals surface area contributed by atoms with E-state index in [1.165, 1.54) is 10.4 Å². The highest BCUT2D eigenvalue weighted by Crippen LogP contribution is 2.38. The van der Waals surface area contributed by atoms with Crippen molar-refractivity contribution in [3.8, 4) is 0 Å². The molecule has 328 valence electrons. The van der Waals surface area contributed by atoms with Gasteiger partial charge < -0.3 is 29.3 Å². The van der Waals surface area contributed by atoms with Gasteiger partial charge in [0.25, 0.3) is 8.32 Å². The molecule has 4 rings (SSSR count). The molecule has 0 aromatic heterocycles. The average molecular weight is 851 g/mol. The van der Waals surface area contributed by atoms with E-state index in [1.54, 1.807) is 20.8 Å². The van der Waals surface area contributed by atoms with Crippen LogP contribution in [0.5, 0.6) is 0 Å². The largest absolute Gasteiger partial charge is 0.459 e. The summed E-state index contributed by atoms with van der Waals surface area (Å²) in [5.41, 5.74) is 0.765. The van der Waals surface area contributed by atoms with Crippen LogP contribution in [-0.4, -0.2) is 56.0 Å². The van der Waals surface area contributed by atoms with E-state index in [9.17, 15) is 19.2 Å². The molecular weight excluding hydrogens is 785 g/mol. The third-order valence-corrected chi connectivity index (χ3v) is 15.5. The minimum Gasteiger partial charge on any atom is -0.459 e. The monoisotopic (exact) mass is 850 g/mol. The molecule has 0 heterocycles. The van der Waals surface area contributed by atoms with E-state index in [4.69, 9.17) is 18.6 Å². The molecule has 2 amide bonds. The van der Waals surface area contributed by atoms with Gasteiger partial charge in [-0.3, -0.25) is 4.79 Å². The van der Waals surface area contributed by atoms with E-state index in [0.29, 0.717) is 19.3 Å². The molecule has 10 nitrogen and oxygen atoms in total. The van der Waals surface area contributed by atoms with Crippen molar-refractivity contribution < 1.29 is 37.8 Å². The number of amides is 2. The number of unbranched alkanes of at least 4 members (excludes halogenated alkanes) is 1. The van der Waals surface area contributed by atoms with Gasteiger partial charge in [-0.1, -0.05) is 162 Å². The summed E-state index contributed by atoms with van der Waals surface area (Å²) in [6, 6.07) is 37.3. The fraction of sp³-hybridized carbons (Fsp3) is 0.440. The van der Waals surface area contributed by atoms with E-state index in [2.05, 4.69) is 86.9 Å². The summed E-state index contributed by atoms with van der Waals surface area (Å²) in [5, 5.41) is 7.68. The molecule has 0 unspecified atom stereocenters. The summed E-state index contributed by atoms with van der Waals surface area (Å²) >= 11 is 0. The third kappa shape index (κ3) is 15.6. The van der Waals surface area contributed by atoms with E-state index >= 15 is 0 Å². The van der Waals surface area contributed by atoms with Crippen LogP contribution in [0.3, 0.4) is 0 Å². The van der Waals surface area contributed by atoms with Crippen molar-refractivity contribution in [2.75, 3.05) is 0 Å². The van der Waals surface area contributed by atoms with Gasteiger partial charge in [-0.25, -0.2) is 14.4 Å². The Labute approximate surface area is 364 Å². The number of nitrogens with one attached hydrogen (secondary N) is 2. The summed E-state index contributed by atoms with van der Waals surface area (Å²) in [5.74, 6) is -1.72. The molecule has 0 aliphatic carbocycles. The van der Waals surface area contributed by atoms with Crippen LogP contribution in [0.25, 0.3) is 0 Å². The number of alkyl carbamates (subject to hydrolysis) is 1. The van der Waals surface area contributed by atoms with E-state index in [1.807, 2.05) is 72.8 Å². The van der Waals surface area contributed by atoms with Crippen LogP contribution < -0.4 is 21.0 Å². The molecule has 0 saturated carbocycles. The molecule has 0 fully saturated rings. The summed E-state index contributed by atoms with van der Waals surface area (Å²) in [6.45, 7) is 14.3. The van der Waals surface area contributed by atoms with Gasteiger partial charge in [-0.15, -0.1) is 0 Å². The summed E-state index contributed by atoms with van der Waals surface area (Å²) in [4.78, 5) is 53.5. The smallest absolute Gasteiger partial charge is 0.408 e. The highest BCUT2D eigenvalue weighted by molar-refractivity contribution is 6.99. The quantitative estimate of drug-likeness (QED) is 0.0456. The second-order valence-corrected chi connectivity index (χ2v) is 21.8. The van der Waals surface area contributed by atoms with Crippen LogP contribution in [0, 0.1) is 0 Å². The molecule has 0 bridgehead atoms. The summed E-state index contributed by atoms with van der Waals surface area (Å²) in [6.07, 6.45) is 3.23. The van der Waals surface area contributed by atoms with Crippen LogP contribution in [0.2, 0.25) is 5.04 Å². The Hall–Kier alpha value is -5.26. The van der Waals surface area contributed by atoms with Crippen molar-refractivity contribution in [1.82, 2.24) is 10.6 Å². The molecular formula is C50H66N2O8Si. The molecule has 0 saturated heterocycles. The Morgan fingerprint density at radius 1 is 0.574 bits per heavy atom. The minimum atomic E-state index is -2.85. The number of benzene rings is 4. The minimum absolute atomic E-state index is 0.00125. The number of rotatable bonds is 22. The average Bonchev–Trinajstić information content (AvgIpc) is 3.24. The molecule has 4 aromatic rings. The first-order chi connectivity index (χ1) is 29.1. The summed E-state index contributed by atoms with van der Waals surface area (Å²) < 4.78 is 24.3. The lowest BCUT2D eigenvalue weighted by molar-refractivity contribution is -0.159. The van der Waals surface area contributed by atoms with Gasteiger partial charge in [0.1, 0.15) is 30.9 Å². The Kier molecular flexibility index (Phi) is 18.8. The van der Waals surface area contributed by atoms with Gasteiger partial charge in [-0.05, 0) is 79.4 Å². The first kappa shape index (κ1) is 48.4. The molecule has 0 aliphatic rings. The highest BCUT2D eigenvalue weighted by atomic mass is 28.4. The normalized spacial score (nSPS) is 13.3. The SMILES string of the molecule is CCCC[C@@H](CCC[C@H](NC(=O)CC[C@H](NC(=O)OCc1ccccc1)C(=O)OCc1ccccc1)C(=O)OC(C)(C)C)O[Si](c1ccccc1)(c1ccccc1)C(C)(C)C. The molecule has 0 radical (unpaired) electrons. The van der Waals surface area contributed by atoms with E-state index in [0.717, 1.165) is 30.4 Å². The Balaban J connectivity index is 1.49. The van der Waals surface area contributed by atoms with Gasteiger partial charge >= 0.3 is 18.0 Å². The third-order valence-electron chi connectivity index (χ3n) is 10.4. The Bertz CT molecular complexity index is 1890. The van der Waals surface area contributed by atoms with E-state index < -0.39 is 49.9 Å². The van der Waals surface area contributed by atoms with Gasteiger partial charge in [-0.2, -0.15) is 0 Å². The van der Waals surface area contributed by atoms with Gasteiger partial charge in [0, 0.05) is 12.5 Å². The predicted octanol–water partition coefficient (Wildman–Crippen LogP) is 8.94. The fourth-order valence-electron chi connectivity index (χ4n) is 7.33. The van der Waals surface area contributed by atoms with Crippen LogP contribution in [0.4, 0.5) is 4.79 Å². The fourth-order valence-corrected chi connectivity index (χ4v) is 12.1. The number of carbonyl (C=O) groups excluding carboxylic acids is 4. The van der Waals surface area contributed by atoms with Crippen molar-refractivity contribution in [3.05, 3.63) is 132 Å². The molecule has 61 heavy (non-hydrogen) atoms. The first-order valence-electron chi connectivity index (χ1n) is 21.6. The van der Waals surface area contributed by atoms with Crippen LogP contribution in [-0.2, 0) is 46.2 Å². The zero-order valence-electron chi connectivity index (χ0n) is 37.1. The predicted molar refractivity (Wildman–Crippen MR) is 243 cm³/mol. The Morgan fingerprint density at radius 2 is 1.05 bits per heavy atom. The number of hydrogen-bond acceptors (Lipinski definition) is 8. The van der Waals surface area contributed by atoms with Crippen LogP contribution in [0.1, 0.15) is 111 Å². The lowest BCUT2D eigenvalue weighted by Gasteiger charge is -2.45. The van der Waals surface area contributed by atoms with Crippen LogP contribution >= 0.6 is 0 Å². The van der Waals surface area contributed by atoms with Crippen molar-refractivity contribution in [1.29, 1.82) is 0 Å². The molecule has 2 N–H and O–H groups in total.